The molecule has 0 fully saturated rings. The van der Waals surface area contributed by atoms with Gasteiger partial charge in [-0.2, -0.15) is 0 Å². The van der Waals surface area contributed by atoms with E-state index in [1.165, 1.54) is 6.07 Å². The van der Waals surface area contributed by atoms with Gasteiger partial charge in [-0.3, -0.25) is 4.79 Å². The van der Waals surface area contributed by atoms with E-state index in [-0.39, 0.29) is 57.7 Å². The first-order chi connectivity index (χ1) is 10.4. The molecule has 0 bridgehead atoms. The van der Waals surface area contributed by atoms with Crippen LogP contribution in [0.3, 0.4) is 0 Å². The molecule has 3 rings (SSSR count). The Morgan fingerprint density at radius 3 is 2.17 bits per heavy atom. The van der Waals surface area contributed by atoms with Crippen LogP contribution < -0.4 is 5.43 Å². The summed E-state index contributed by atoms with van der Waals surface area (Å²) in [7, 11) is 0. The molecule has 3 aromatic rings. The van der Waals surface area contributed by atoms with Gasteiger partial charge in [0.15, 0.2) is 17.3 Å². The van der Waals surface area contributed by atoms with Crippen LogP contribution in [0.4, 0.5) is 0 Å². The second-order valence-electron chi connectivity index (χ2n) is 4.65. The quantitative estimate of drug-likeness (QED) is 0.293. The Balaban J connectivity index is 0.00000192. The average molecular weight is 423 g/mol. The zero-order valence-corrected chi connectivity index (χ0v) is 15.7. The molecule has 23 heavy (non-hydrogen) atoms. The Kier molecular flexibility index (Phi) is 4.32. The van der Waals surface area contributed by atoms with E-state index in [2.05, 4.69) is 0 Å². The third-order valence-electron chi connectivity index (χ3n) is 3.17. The van der Waals surface area contributed by atoms with Gasteiger partial charge in [0, 0.05) is 17.7 Å². The number of phenolic OH excluding ortho intramolecular Hbond substituents is 4. The van der Waals surface area contributed by atoms with Crippen LogP contribution in [0.15, 0.2) is 39.5 Å². The molecule has 1 heterocycles. The summed E-state index contributed by atoms with van der Waals surface area (Å²) in [4.78, 5) is 12.1. The number of fused-ring (bicyclic) bond motifs is 1. The second-order valence-corrected chi connectivity index (χ2v) is 4.65. The summed E-state index contributed by atoms with van der Waals surface area (Å²) in [5.41, 5.74) is -0.890. The van der Waals surface area contributed by atoms with Crippen molar-refractivity contribution in [3.8, 4) is 40.1 Å². The fourth-order valence-electron chi connectivity index (χ4n) is 2.14. The van der Waals surface area contributed by atoms with Crippen molar-refractivity contribution in [1.82, 2.24) is 0 Å². The molecule has 2 aromatic carbocycles. The SMILES string of the molecule is O=c1c(O)c(-c2ccc(O)c(O)c2)oc2cc(O)cc(O)c12.[SnH2]. The van der Waals surface area contributed by atoms with Crippen LogP contribution in [0.1, 0.15) is 0 Å². The first kappa shape index (κ1) is 16.8. The Morgan fingerprint density at radius 2 is 1.52 bits per heavy atom. The van der Waals surface area contributed by atoms with Crippen LogP contribution in [0.25, 0.3) is 22.3 Å². The zero-order valence-electron chi connectivity index (χ0n) is 11.6. The van der Waals surface area contributed by atoms with Crippen LogP contribution >= 0.6 is 0 Å². The Bertz CT molecular complexity index is 962. The van der Waals surface area contributed by atoms with Crippen molar-refractivity contribution in [3.05, 3.63) is 40.6 Å². The van der Waals surface area contributed by atoms with Gasteiger partial charge in [0.05, 0.1) is 0 Å². The molecule has 0 unspecified atom stereocenters. The molecule has 8 heteroatoms. The van der Waals surface area contributed by atoms with Crippen molar-refractivity contribution >= 4 is 34.9 Å². The summed E-state index contributed by atoms with van der Waals surface area (Å²) in [6.45, 7) is 0. The van der Waals surface area contributed by atoms with Gasteiger partial charge in [-0.25, -0.2) is 0 Å². The molecule has 2 radical (unpaired) electrons. The molecule has 118 valence electrons. The molecule has 5 N–H and O–H groups in total. The van der Waals surface area contributed by atoms with Gasteiger partial charge in [-0.05, 0) is 18.2 Å². The van der Waals surface area contributed by atoms with Crippen molar-refractivity contribution in [2.45, 2.75) is 0 Å². The van der Waals surface area contributed by atoms with Crippen molar-refractivity contribution in [2.24, 2.45) is 0 Å². The monoisotopic (exact) mass is 424 g/mol. The topological polar surface area (TPSA) is 131 Å². The van der Waals surface area contributed by atoms with E-state index >= 15 is 0 Å². The predicted molar refractivity (Wildman–Crippen MR) is 84.8 cm³/mol. The molecule has 1 aromatic heterocycles. The molecule has 0 aliphatic heterocycles. The van der Waals surface area contributed by atoms with Gasteiger partial charge in [0.25, 0.3) is 0 Å². The fourth-order valence-corrected chi connectivity index (χ4v) is 2.14. The third kappa shape index (κ3) is 2.74. The summed E-state index contributed by atoms with van der Waals surface area (Å²) in [5.74, 6) is -2.71. The Hall–Kier alpha value is -2.55. The average Bonchev–Trinajstić information content (AvgIpc) is 2.45. The Labute approximate surface area is 145 Å². The minimum absolute atomic E-state index is 0. The molecular weight excluding hydrogens is 411 g/mol. The van der Waals surface area contributed by atoms with E-state index in [0.717, 1.165) is 24.3 Å². The van der Waals surface area contributed by atoms with Gasteiger partial charge in [-0.1, -0.05) is 0 Å². The molecule has 0 saturated carbocycles. The van der Waals surface area contributed by atoms with Crippen LogP contribution in [0.5, 0.6) is 28.7 Å². The maximum atomic E-state index is 12.1. The third-order valence-corrected chi connectivity index (χ3v) is 3.17. The van der Waals surface area contributed by atoms with Crippen LogP contribution in [0, 0.1) is 0 Å². The van der Waals surface area contributed by atoms with Gasteiger partial charge < -0.3 is 29.9 Å². The number of hydrogen-bond acceptors (Lipinski definition) is 7. The van der Waals surface area contributed by atoms with E-state index in [0.29, 0.717) is 0 Å². The summed E-state index contributed by atoms with van der Waals surface area (Å²) in [6, 6.07) is 5.64. The van der Waals surface area contributed by atoms with Crippen LogP contribution in [-0.2, 0) is 0 Å². The molecular formula is C15H12O7Sn. The molecule has 7 nitrogen and oxygen atoms in total. The molecule has 0 amide bonds. The standard InChI is InChI=1S/C15H10O7.Sn.2H/c16-7-4-10(19)12-11(5-7)22-15(14(21)13(12)20)6-1-2-8(17)9(18)3-6;;;/h1-5,16-19,21H;;;. The number of benzene rings is 2. The Morgan fingerprint density at radius 1 is 0.826 bits per heavy atom. The van der Waals surface area contributed by atoms with Gasteiger partial charge >= 0.3 is 23.9 Å². The summed E-state index contributed by atoms with van der Waals surface area (Å²) in [6.07, 6.45) is 0. The molecule has 0 atom stereocenters. The van der Waals surface area contributed by atoms with Gasteiger partial charge in [-0.15, -0.1) is 0 Å². The van der Waals surface area contributed by atoms with E-state index in [4.69, 9.17) is 4.42 Å². The predicted octanol–water partition coefficient (Wildman–Crippen LogP) is 1.07. The van der Waals surface area contributed by atoms with Crippen LogP contribution in [0.2, 0.25) is 0 Å². The van der Waals surface area contributed by atoms with E-state index in [1.54, 1.807) is 0 Å². The van der Waals surface area contributed by atoms with Crippen molar-refractivity contribution in [2.75, 3.05) is 0 Å². The summed E-state index contributed by atoms with van der Waals surface area (Å²) in [5, 5.41) is 47.6. The van der Waals surface area contributed by atoms with Crippen molar-refractivity contribution in [3.63, 3.8) is 0 Å². The van der Waals surface area contributed by atoms with Gasteiger partial charge in [0.1, 0.15) is 22.5 Å². The molecule has 0 saturated heterocycles. The van der Waals surface area contributed by atoms with E-state index in [1.807, 2.05) is 0 Å². The molecule has 0 aliphatic rings. The number of phenols is 4. The summed E-state index contributed by atoms with van der Waals surface area (Å²) >= 11 is 0. The number of aromatic hydroxyl groups is 5. The van der Waals surface area contributed by atoms with E-state index < -0.39 is 22.7 Å². The first-order valence-corrected chi connectivity index (χ1v) is 6.12. The normalized spacial score (nSPS) is 10.4. The minimum atomic E-state index is -0.888. The maximum absolute atomic E-state index is 12.1. The summed E-state index contributed by atoms with van der Waals surface area (Å²) < 4.78 is 5.35. The molecule has 0 spiro atoms. The van der Waals surface area contributed by atoms with Crippen molar-refractivity contribution in [1.29, 1.82) is 0 Å². The number of hydrogen-bond donors (Lipinski definition) is 5. The van der Waals surface area contributed by atoms with E-state index in [9.17, 15) is 30.3 Å². The molecule has 0 aliphatic carbocycles. The first-order valence-electron chi connectivity index (χ1n) is 6.12. The fraction of sp³-hybridized carbons (Fsp3) is 0. The van der Waals surface area contributed by atoms with Gasteiger partial charge in [0.2, 0.25) is 11.2 Å². The van der Waals surface area contributed by atoms with Crippen LogP contribution in [-0.4, -0.2) is 49.4 Å². The second kappa shape index (κ2) is 5.92. The zero-order chi connectivity index (χ0) is 16.0. The number of rotatable bonds is 1. The van der Waals surface area contributed by atoms with Crippen molar-refractivity contribution < 1.29 is 29.9 Å².